The van der Waals surface area contributed by atoms with Gasteiger partial charge >= 0.3 is 5.97 Å². The minimum atomic E-state index is -0.583. The van der Waals surface area contributed by atoms with Gasteiger partial charge in [0.05, 0.1) is 7.11 Å². The zero-order valence-electron chi connectivity index (χ0n) is 9.21. The Labute approximate surface area is 89.7 Å². The van der Waals surface area contributed by atoms with Crippen molar-refractivity contribution in [2.24, 2.45) is 5.92 Å². The summed E-state index contributed by atoms with van der Waals surface area (Å²) in [6.07, 6.45) is 2.28. The molecule has 1 atom stereocenters. The average Bonchev–Trinajstić information content (AvgIpc) is 2.97. The van der Waals surface area contributed by atoms with E-state index in [4.69, 9.17) is 0 Å². The van der Waals surface area contributed by atoms with Gasteiger partial charge in [-0.3, -0.25) is 4.79 Å². The molecule has 0 aromatic rings. The summed E-state index contributed by atoms with van der Waals surface area (Å²) < 4.78 is 4.62. The van der Waals surface area contributed by atoms with Crippen LogP contribution in [0.3, 0.4) is 0 Å². The van der Waals surface area contributed by atoms with Crippen LogP contribution in [-0.4, -0.2) is 25.0 Å². The smallest absolute Gasteiger partial charge is 0.328 e. The summed E-state index contributed by atoms with van der Waals surface area (Å²) in [7, 11) is 1.32. The van der Waals surface area contributed by atoms with E-state index >= 15 is 0 Å². The van der Waals surface area contributed by atoms with E-state index in [1.807, 2.05) is 6.92 Å². The Morgan fingerprint density at radius 2 is 2.13 bits per heavy atom. The lowest BCUT2D eigenvalue weighted by Crippen LogP contribution is -2.42. The highest BCUT2D eigenvalue weighted by atomic mass is 16.5. The molecule has 0 aromatic carbocycles. The van der Waals surface area contributed by atoms with Crippen LogP contribution in [0.2, 0.25) is 0 Å². The number of hydrogen-bond acceptors (Lipinski definition) is 3. The van der Waals surface area contributed by atoms with Gasteiger partial charge in [-0.05, 0) is 26.2 Å². The molecule has 1 amide bonds. The highest BCUT2D eigenvalue weighted by Gasteiger charge is 2.32. The third-order valence-electron chi connectivity index (χ3n) is 2.30. The van der Waals surface area contributed by atoms with E-state index in [1.165, 1.54) is 7.11 Å². The van der Waals surface area contributed by atoms with Gasteiger partial charge in [-0.2, -0.15) is 0 Å². The third-order valence-corrected chi connectivity index (χ3v) is 2.30. The van der Waals surface area contributed by atoms with Gasteiger partial charge in [0.1, 0.15) is 6.04 Å². The van der Waals surface area contributed by atoms with Gasteiger partial charge in [-0.1, -0.05) is 5.57 Å². The van der Waals surface area contributed by atoms with Crippen LogP contribution < -0.4 is 5.32 Å². The average molecular weight is 211 g/mol. The molecule has 1 fully saturated rings. The molecule has 0 radical (unpaired) electrons. The lowest BCUT2D eigenvalue weighted by Gasteiger charge is -2.16. The molecule has 84 valence electrons. The normalized spacial score (nSPS) is 16.7. The fourth-order valence-electron chi connectivity index (χ4n) is 1.32. The standard InChI is InChI=1S/C11H17NO3/c1-7(2)6-9(11(14)15-3)12-10(13)8-4-5-8/h8-9H,1,4-6H2,2-3H3,(H,12,13)/t9-/m1/s1. The number of carbonyl (C=O) groups is 2. The van der Waals surface area contributed by atoms with Crippen LogP contribution in [0, 0.1) is 5.92 Å². The van der Waals surface area contributed by atoms with E-state index < -0.39 is 12.0 Å². The van der Waals surface area contributed by atoms with Gasteiger partial charge in [0.2, 0.25) is 5.91 Å². The summed E-state index contributed by atoms with van der Waals surface area (Å²) in [5.74, 6) is -0.360. The van der Waals surface area contributed by atoms with Crippen LogP contribution >= 0.6 is 0 Å². The van der Waals surface area contributed by atoms with Crippen molar-refractivity contribution in [2.45, 2.75) is 32.2 Å². The molecule has 1 aliphatic rings. The van der Waals surface area contributed by atoms with E-state index in [0.717, 1.165) is 18.4 Å². The first-order valence-corrected chi connectivity index (χ1v) is 5.07. The maximum atomic E-state index is 11.5. The number of amides is 1. The number of nitrogens with one attached hydrogen (secondary N) is 1. The predicted octanol–water partition coefficient (Wildman–Crippen LogP) is 1.02. The molecule has 1 N–H and O–H groups in total. The van der Waals surface area contributed by atoms with Crippen LogP contribution in [0.15, 0.2) is 12.2 Å². The van der Waals surface area contributed by atoms with E-state index in [2.05, 4.69) is 16.6 Å². The van der Waals surface area contributed by atoms with Crippen molar-refractivity contribution in [3.8, 4) is 0 Å². The molecule has 0 saturated heterocycles. The van der Waals surface area contributed by atoms with E-state index in [9.17, 15) is 9.59 Å². The summed E-state index contributed by atoms with van der Waals surface area (Å²) in [5, 5.41) is 2.69. The number of rotatable bonds is 5. The van der Waals surface area contributed by atoms with Crippen molar-refractivity contribution >= 4 is 11.9 Å². The molecule has 0 spiro atoms. The number of hydrogen-bond donors (Lipinski definition) is 1. The molecule has 4 heteroatoms. The fraction of sp³-hybridized carbons (Fsp3) is 0.636. The molecule has 0 aromatic heterocycles. The van der Waals surface area contributed by atoms with Crippen LogP contribution in [0.5, 0.6) is 0 Å². The summed E-state index contributed by atoms with van der Waals surface area (Å²) >= 11 is 0. The Morgan fingerprint density at radius 3 is 2.53 bits per heavy atom. The first kappa shape index (κ1) is 11.8. The predicted molar refractivity (Wildman–Crippen MR) is 56.1 cm³/mol. The first-order chi connectivity index (χ1) is 7.04. The SMILES string of the molecule is C=C(C)C[C@@H](NC(=O)C1CC1)C(=O)OC. The van der Waals surface area contributed by atoms with Crippen LogP contribution in [0.4, 0.5) is 0 Å². The van der Waals surface area contributed by atoms with E-state index in [-0.39, 0.29) is 11.8 Å². The summed E-state index contributed by atoms with van der Waals surface area (Å²) in [6, 6.07) is -0.583. The zero-order valence-corrected chi connectivity index (χ0v) is 9.21. The van der Waals surface area contributed by atoms with Crippen molar-refractivity contribution in [2.75, 3.05) is 7.11 Å². The summed E-state index contributed by atoms with van der Waals surface area (Å²) in [5.41, 5.74) is 0.849. The second-order valence-electron chi connectivity index (χ2n) is 4.02. The van der Waals surface area contributed by atoms with Crippen molar-refractivity contribution < 1.29 is 14.3 Å². The van der Waals surface area contributed by atoms with E-state index in [1.54, 1.807) is 0 Å². The van der Waals surface area contributed by atoms with Gasteiger partial charge in [0.25, 0.3) is 0 Å². The minimum absolute atomic E-state index is 0.0494. The molecule has 0 heterocycles. The Bertz CT molecular complexity index is 282. The number of carbonyl (C=O) groups excluding carboxylic acids is 2. The van der Waals surface area contributed by atoms with Gasteiger partial charge in [0, 0.05) is 5.92 Å². The summed E-state index contributed by atoms with van der Waals surface area (Å²) in [4.78, 5) is 22.8. The molecule has 1 rings (SSSR count). The number of ether oxygens (including phenoxy) is 1. The zero-order chi connectivity index (χ0) is 11.4. The number of methoxy groups -OCH3 is 1. The van der Waals surface area contributed by atoms with Crippen molar-refractivity contribution in [3.05, 3.63) is 12.2 Å². The van der Waals surface area contributed by atoms with Crippen molar-refractivity contribution in [3.63, 3.8) is 0 Å². The van der Waals surface area contributed by atoms with Crippen LogP contribution in [0.1, 0.15) is 26.2 Å². The monoisotopic (exact) mass is 211 g/mol. The highest BCUT2D eigenvalue weighted by Crippen LogP contribution is 2.29. The summed E-state index contributed by atoms with van der Waals surface area (Å²) in [6.45, 7) is 5.54. The Balaban J connectivity index is 2.50. The highest BCUT2D eigenvalue weighted by molar-refractivity contribution is 5.87. The lowest BCUT2D eigenvalue weighted by atomic mass is 10.1. The lowest BCUT2D eigenvalue weighted by molar-refractivity contribution is -0.145. The quantitative estimate of drug-likeness (QED) is 0.545. The maximum Gasteiger partial charge on any atom is 0.328 e. The molecule has 4 nitrogen and oxygen atoms in total. The molecule has 15 heavy (non-hydrogen) atoms. The molecular formula is C11H17NO3. The van der Waals surface area contributed by atoms with Crippen molar-refractivity contribution in [1.29, 1.82) is 0 Å². The second kappa shape index (κ2) is 4.96. The minimum Gasteiger partial charge on any atom is -0.467 e. The van der Waals surface area contributed by atoms with Gasteiger partial charge in [0.15, 0.2) is 0 Å². The first-order valence-electron chi connectivity index (χ1n) is 5.07. The molecule has 1 saturated carbocycles. The Kier molecular flexibility index (Phi) is 3.88. The largest absolute Gasteiger partial charge is 0.467 e. The van der Waals surface area contributed by atoms with Crippen molar-refractivity contribution in [1.82, 2.24) is 5.32 Å². The van der Waals surface area contributed by atoms with E-state index in [0.29, 0.717) is 6.42 Å². The van der Waals surface area contributed by atoms with Crippen LogP contribution in [-0.2, 0) is 14.3 Å². The topological polar surface area (TPSA) is 55.4 Å². The Hall–Kier alpha value is -1.32. The van der Waals surface area contributed by atoms with Crippen LogP contribution in [0.25, 0.3) is 0 Å². The third kappa shape index (κ3) is 3.73. The molecular weight excluding hydrogens is 194 g/mol. The fourth-order valence-corrected chi connectivity index (χ4v) is 1.32. The molecule has 1 aliphatic carbocycles. The van der Waals surface area contributed by atoms with Gasteiger partial charge < -0.3 is 10.1 Å². The molecule has 0 aliphatic heterocycles. The second-order valence-corrected chi connectivity index (χ2v) is 4.02. The van der Waals surface area contributed by atoms with Gasteiger partial charge in [-0.15, -0.1) is 6.58 Å². The maximum absolute atomic E-state index is 11.5. The molecule has 0 unspecified atom stereocenters. The van der Waals surface area contributed by atoms with Gasteiger partial charge in [-0.25, -0.2) is 4.79 Å². The molecule has 0 bridgehead atoms. The Morgan fingerprint density at radius 1 is 1.53 bits per heavy atom. The number of esters is 1.